The molecule has 0 saturated heterocycles. The molecule has 0 saturated carbocycles. The lowest BCUT2D eigenvalue weighted by molar-refractivity contribution is 0.0429. The van der Waals surface area contributed by atoms with E-state index in [2.05, 4.69) is 4.98 Å². The molecule has 0 aliphatic rings. The van der Waals surface area contributed by atoms with E-state index in [1.807, 2.05) is 0 Å². The van der Waals surface area contributed by atoms with Crippen molar-refractivity contribution in [3.8, 4) is 16.6 Å². The van der Waals surface area contributed by atoms with Crippen LogP contribution in [-0.2, 0) is 4.74 Å². The molecule has 0 amide bonds. The maximum atomic E-state index is 12.8. The van der Waals surface area contributed by atoms with Crippen molar-refractivity contribution in [2.75, 3.05) is 0 Å². The van der Waals surface area contributed by atoms with Crippen LogP contribution in [0.5, 0.6) is 0 Å². The largest absolute Gasteiger partial charge is 0.443 e. The van der Waals surface area contributed by atoms with E-state index in [1.165, 1.54) is 30.4 Å². The molecule has 0 N–H and O–H groups in total. The van der Waals surface area contributed by atoms with Crippen molar-refractivity contribution in [1.82, 2.24) is 4.98 Å². The second kappa shape index (κ2) is 5.59. The number of hydrogen-bond donors (Lipinski definition) is 0. The fourth-order valence-electron chi connectivity index (χ4n) is 1.34. The summed E-state index contributed by atoms with van der Waals surface area (Å²) >= 11 is 1.25. The number of nitrogens with zero attached hydrogens (tertiary/aromatic N) is 2. The first kappa shape index (κ1) is 13.2. The van der Waals surface area contributed by atoms with Gasteiger partial charge < -0.3 is 4.74 Å². The standard InChI is InChI=1S/C13H9FN2O2S/c1-8(6-15)18-13(17)11-7-19-12(16-11)9-2-4-10(14)5-3-9/h2-5,7-8H,1H3/t8-/m0/s1. The van der Waals surface area contributed by atoms with Crippen LogP contribution in [0.4, 0.5) is 4.39 Å². The molecule has 1 aromatic carbocycles. The molecule has 1 atom stereocenters. The molecule has 4 nitrogen and oxygen atoms in total. The molecule has 0 unspecified atom stereocenters. The molecule has 96 valence electrons. The Morgan fingerprint density at radius 2 is 2.16 bits per heavy atom. The average molecular weight is 276 g/mol. The monoisotopic (exact) mass is 276 g/mol. The highest BCUT2D eigenvalue weighted by atomic mass is 32.1. The van der Waals surface area contributed by atoms with E-state index in [0.29, 0.717) is 5.01 Å². The summed E-state index contributed by atoms with van der Waals surface area (Å²) in [4.78, 5) is 15.7. The highest BCUT2D eigenvalue weighted by Crippen LogP contribution is 2.24. The maximum absolute atomic E-state index is 12.8. The molecular formula is C13H9FN2O2S. The fraction of sp³-hybridized carbons (Fsp3) is 0.154. The van der Waals surface area contributed by atoms with Gasteiger partial charge in [0.2, 0.25) is 0 Å². The zero-order valence-electron chi connectivity index (χ0n) is 9.96. The Kier molecular flexibility index (Phi) is 3.88. The lowest BCUT2D eigenvalue weighted by atomic mass is 10.2. The van der Waals surface area contributed by atoms with Gasteiger partial charge in [-0.05, 0) is 31.2 Å². The van der Waals surface area contributed by atoms with Crippen molar-refractivity contribution in [2.24, 2.45) is 0 Å². The van der Waals surface area contributed by atoms with Gasteiger partial charge in [0.05, 0.1) is 0 Å². The summed E-state index contributed by atoms with van der Waals surface area (Å²) < 4.78 is 17.6. The Hall–Kier alpha value is -2.26. The molecule has 0 aliphatic heterocycles. The highest BCUT2D eigenvalue weighted by molar-refractivity contribution is 7.13. The number of halogens is 1. The second-order valence-electron chi connectivity index (χ2n) is 3.72. The highest BCUT2D eigenvalue weighted by Gasteiger charge is 2.15. The first-order valence-electron chi connectivity index (χ1n) is 5.42. The van der Waals surface area contributed by atoms with Crippen molar-refractivity contribution < 1.29 is 13.9 Å². The summed E-state index contributed by atoms with van der Waals surface area (Å²) in [6.45, 7) is 1.48. The van der Waals surface area contributed by atoms with Gasteiger partial charge in [0, 0.05) is 10.9 Å². The minimum atomic E-state index is -0.816. The third kappa shape index (κ3) is 3.14. The quantitative estimate of drug-likeness (QED) is 0.808. The van der Waals surface area contributed by atoms with Crippen molar-refractivity contribution in [2.45, 2.75) is 13.0 Å². The molecule has 1 heterocycles. The van der Waals surface area contributed by atoms with Gasteiger partial charge in [0.25, 0.3) is 0 Å². The predicted octanol–water partition coefficient (Wildman–Crippen LogP) is 3.02. The van der Waals surface area contributed by atoms with Crippen LogP contribution >= 0.6 is 11.3 Å². The Bertz CT molecular complexity index is 631. The van der Waals surface area contributed by atoms with Crippen LogP contribution < -0.4 is 0 Å². The summed E-state index contributed by atoms with van der Waals surface area (Å²) in [5.74, 6) is -0.971. The van der Waals surface area contributed by atoms with E-state index in [-0.39, 0.29) is 11.5 Å². The molecule has 0 radical (unpaired) electrons. The number of carbonyl (C=O) groups is 1. The van der Waals surface area contributed by atoms with Crippen LogP contribution in [0.2, 0.25) is 0 Å². The maximum Gasteiger partial charge on any atom is 0.359 e. The number of ether oxygens (including phenoxy) is 1. The van der Waals surface area contributed by atoms with Gasteiger partial charge in [-0.3, -0.25) is 0 Å². The Balaban J connectivity index is 2.17. The van der Waals surface area contributed by atoms with E-state index in [0.717, 1.165) is 5.56 Å². The third-order valence-corrected chi connectivity index (χ3v) is 3.16. The van der Waals surface area contributed by atoms with Crippen LogP contribution in [-0.4, -0.2) is 17.1 Å². The van der Waals surface area contributed by atoms with Crippen molar-refractivity contribution in [1.29, 1.82) is 5.26 Å². The Morgan fingerprint density at radius 3 is 2.79 bits per heavy atom. The molecule has 0 fully saturated rings. The fourth-order valence-corrected chi connectivity index (χ4v) is 2.14. The lowest BCUT2D eigenvalue weighted by Gasteiger charge is -2.02. The second-order valence-corrected chi connectivity index (χ2v) is 4.58. The van der Waals surface area contributed by atoms with E-state index in [9.17, 15) is 9.18 Å². The van der Waals surface area contributed by atoms with E-state index >= 15 is 0 Å². The molecular weight excluding hydrogens is 267 g/mol. The number of hydrogen-bond acceptors (Lipinski definition) is 5. The number of carbonyl (C=O) groups excluding carboxylic acids is 1. The van der Waals surface area contributed by atoms with E-state index < -0.39 is 12.1 Å². The van der Waals surface area contributed by atoms with Gasteiger partial charge in [-0.2, -0.15) is 5.26 Å². The van der Waals surface area contributed by atoms with Crippen molar-refractivity contribution in [3.05, 3.63) is 41.2 Å². The topological polar surface area (TPSA) is 63.0 Å². The zero-order valence-corrected chi connectivity index (χ0v) is 10.8. The normalized spacial score (nSPS) is 11.6. The number of esters is 1. The lowest BCUT2D eigenvalue weighted by Crippen LogP contribution is -2.13. The van der Waals surface area contributed by atoms with Gasteiger partial charge in [-0.1, -0.05) is 0 Å². The SMILES string of the molecule is C[C@@H](C#N)OC(=O)c1csc(-c2ccc(F)cc2)n1. The zero-order chi connectivity index (χ0) is 13.8. The van der Waals surface area contributed by atoms with E-state index in [4.69, 9.17) is 10.00 Å². The van der Waals surface area contributed by atoms with E-state index in [1.54, 1.807) is 23.6 Å². The Labute approximate surface area is 113 Å². The molecule has 2 rings (SSSR count). The number of aromatic nitrogens is 1. The molecule has 0 bridgehead atoms. The smallest absolute Gasteiger partial charge is 0.359 e. The summed E-state index contributed by atoms with van der Waals surface area (Å²) in [5.41, 5.74) is 0.866. The van der Waals surface area contributed by atoms with Crippen molar-refractivity contribution >= 4 is 17.3 Å². The minimum Gasteiger partial charge on any atom is -0.443 e. The van der Waals surface area contributed by atoms with Crippen LogP contribution in [0.15, 0.2) is 29.6 Å². The first-order valence-corrected chi connectivity index (χ1v) is 6.30. The molecule has 6 heteroatoms. The summed E-state index contributed by atoms with van der Waals surface area (Å²) in [5, 5.41) is 10.7. The minimum absolute atomic E-state index is 0.145. The molecule has 2 aromatic rings. The predicted molar refractivity (Wildman–Crippen MR) is 68.0 cm³/mol. The van der Waals surface area contributed by atoms with Crippen LogP contribution in [0.3, 0.4) is 0 Å². The number of nitriles is 1. The van der Waals surface area contributed by atoms with Gasteiger partial charge in [-0.25, -0.2) is 14.2 Å². The molecule has 0 aliphatic carbocycles. The molecule has 19 heavy (non-hydrogen) atoms. The number of benzene rings is 1. The van der Waals surface area contributed by atoms with Gasteiger partial charge in [0.1, 0.15) is 16.9 Å². The summed E-state index contributed by atoms with van der Waals surface area (Å²) in [6.07, 6.45) is -0.816. The molecule has 1 aromatic heterocycles. The third-order valence-electron chi connectivity index (χ3n) is 2.27. The van der Waals surface area contributed by atoms with Crippen LogP contribution in [0.25, 0.3) is 10.6 Å². The number of thiazole rings is 1. The van der Waals surface area contributed by atoms with Crippen LogP contribution in [0, 0.1) is 17.1 Å². The molecule has 0 spiro atoms. The number of rotatable bonds is 3. The first-order chi connectivity index (χ1) is 9.10. The van der Waals surface area contributed by atoms with Gasteiger partial charge >= 0.3 is 5.97 Å². The summed E-state index contributed by atoms with van der Waals surface area (Å²) in [6, 6.07) is 7.62. The Morgan fingerprint density at radius 1 is 1.47 bits per heavy atom. The summed E-state index contributed by atoms with van der Waals surface area (Å²) in [7, 11) is 0. The average Bonchev–Trinajstić information content (AvgIpc) is 2.89. The van der Waals surface area contributed by atoms with Gasteiger partial charge in [-0.15, -0.1) is 11.3 Å². The van der Waals surface area contributed by atoms with Gasteiger partial charge in [0.15, 0.2) is 11.8 Å². The van der Waals surface area contributed by atoms with Crippen LogP contribution in [0.1, 0.15) is 17.4 Å². The van der Waals surface area contributed by atoms with Crippen molar-refractivity contribution in [3.63, 3.8) is 0 Å².